The molecule has 23 heavy (non-hydrogen) atoms. The maximum Gasteiger partial charge on any atom is 0.194 e. The largest absolute Gasteiger partial charge is 0.382 e. The average Bonchev–Trinajstić information content (AvgIpc) is 2.49. The lowest BCUT2D eigenvalue weighted by atomic mass is 10.2. The fourth-order valence-electron chi connectivity index (χ4n) is 1.91. The van der Waals surface area contributed by atoms with E-state index in [9.17, 15) is 0 Å². The van der Waals surface area contributed by atoms with Crippen LogP contribution in [0.2, 0.25) is 5.02 Å². The Bertz CT molecular complexity index is 461. The van der Waals surface area contributed by atoms with Crippen LogP contribution in [0.3, 0.4) is 0 Å². The van der Waals surface area contributed by atoms with Crippen molar-refractivity contribution < 1.29 is 9.47 Å². The van der Waals surface area contributed by atoms with Crippen molar-refractivity contribution in [2.24, 2.45) is 4.99 Å². The lowest BCUT2D eigenvalue weighted by Gasteiger charge is -2.22. The van der Waals surface area contributed by atoms with Crippen molar-refractivity contribution in [3.63, 3.8) is 0 Å². The highest BCUT2D eigenvalue weighted by molar-refractivity contribution is 14.0. The van der Waals surface area contributed by atoms with Gasteiger partial charge in [-0.05, 0) is 24.6 Å². The molecule has 0 fully saturated rings. The highest BCUT2D eigenvalue weighted by Crippen LogP contribution is 2.12. The first kappa shape index (κ1) is 22.4. The Morgan fingerprint density at radius 2 is 2.09 bits per heavy atom. The smallest absolute Gasteiger partial charge is 0.194 e. The molecule has 5 nitrogen and oxygen atoms in total. The second-order valence-electron chi connectivity index (χ2n) is 4.83. The Balaban J connectivity index is 0.00000484. The third-order valence-corrected chi connectivity index (χ3v) is 3.17. The Morgan fingerprint density at radius 1 is 1.30 bits per heavy atom. The SMILES string of the molecule is CCNC(=NCCOCCOC)N(C)Cc1cccc(Cl)c1.I. The fourth-order valence-corrected chi connectivity index (χ4v) is 2.13. The van der Waals surface area contributed by atoms with Gasteiger partial charge in [0.1, 0.15) is 0 Å². The van der Waals surface area contributed by atoms with Crippen LogP contribution in [0.4, 0.5) is 0 Å². The number of nitrogens with zero attached hydrogens (tertiary/aromatic N) is 2. The first-order valence-corrected chi connectivity index (χ1v) is 7.85. The molecule has 0 spiro atoms. The summed E-state index contributed by atoms with van der Waals surface area (Å²) in [5, 5.41) is 4.03. The third-order valence-electron chi connectivity index (χ3n) is 2.93. The minimum Gasteiger partial charge on any atom is -0.382 e. The highest BCUT2D eigenvalue weighted by Gasteiger charge is 2.06. The highest BCUT2D eigenvalue weighted by atomic mass is 127. The Labute approximate surface area is 161 Å². The van der Waals surface area contributed by atoms with Crippen LogP contribution in [0.25, 0.3) is 0 Å². The van der Waals surface area contributed by atoms with Gasteiger partial charge in [-0.2, -0.15) is 0 Å². The van der Waals surface area contributed by atoms with Crippen LogP contribution in [0, 0.1) is 0 Å². The van der Waals surface area contributed by atoms with Gasteiger partial charge in [0.05, 0.1) is 26.4 Å². The molecule has 0 atom stereocenters. The van der Waals surface area contributed by atoms with Gasteiger partial charge in [0, 0.05) is 32.3 Å². The maximum atomic E-state index is 6.02. The Kier molecular flexibility index (Phi) is 13.5. The number of guanidine groups is 1. The van der Waals surface area contributed by atoms with Gasteiger partial charge in [0.2, 0.25) is 0 Å². The molecule has 0 saturated carbocycles. The van der Waals surface area contributed by atoms with E-state index in [1.807, 2.05) is 25.2 Å². The number of nitrogens with one attached hydrogen (secondary N) is 1. The van der Waals surface area contributed by atoms with Crippen LogP contribution in [-0.2, 0) is 16.0 Å². The van der Waals surface area contributed by atoms with E-state index in [0.717, 1.165) is 29.6 Å². The molecular weight excluding hydrogens is 429 g/mol. The minimum atomic E-state index is 0. The molecule has 1 aromatic rings. The van der Waals surface area contributed by atoms with Crippen molar-refractivity contribution in [1.29, 1.82) is 0 Å². The molecule has 1 N–H and O–H groups in total. The molecule has 0 unspecified atom stereocenters. The lowest BCUT2D eigenvalue weighted by Crippen LogP contribution is -2.38. The van der Waals surface area contributed by atoms with Crippen LogP contribution in [0.15, 0.2) is 29.3 Å². The van der Waals surface area contributed by atoms with Gasteiger partial charge >= 0.3 is 0 Å². The summed E-state index contributed by atoms with van der Waals surface area (Å²) in [5.74, 6) is 0.859. The van der Waals surface area contributed by atoms with E-state index in [1.54, 1.807) is 7.11 Å². The Hall–Kier alpha value is -0.570. The van der Waals surface area contributed by atoms with Crippen molar-refractivity contribution in [3.05, 3.63) is 34.9 Å². The predicted octanol–water partition coefficient (Wildman–Crippen LogP) is 3.02. The second-order valence-corrected chi connectivity index (χ2v) is 5.26. The normalized spacial score (nSPS) is 11.0. The topological polar surface area (TPSA) is 46.1 Å². The van der Waals surface area contributed by atoms with Crippen LogP contribution in [0.5, 0.6) is 0 Å². The van der Waals surface area contributed by atoms with Gasteiger partial charge in [0.25, 0.3) is 0 Å². The molecule has 0 aromatic heterocycles. The number of benzene rings is 1. The molecule has 0 saturated heterocycles. The van der Waals surface area contributed by atoms with E-state index in [-0.39, 0.29) is 24.0 Å². The summed E-state index contributed by atoms with van der Waals surface area (Å²) in [4.78, 5) is 6.64. The van der Waals surface area contributed by atoms with Gasteiger partial charge < -0.3 is 19.7 Å². The van der Waals surface area contributed by atoms with Crippen molar-refractivity contribution >= 4 is 41.5 Å². The minimum absolute atomic E-state index is 0. The number of hydrogen-bond donors (Lipinski definition) is 1. The second kappa shape index (κ2) is 13.8. The molecule has 0 bridgehead atoms. The number of ether oxygens (including phenoxy) is 2. The number of hydrogen-bond acceptors (Lipinski definition) is 3. The monoisotopic (exact) mass is 455 g/mol. The Morgan fingerprint density at radius 3 is 2.74 bits per heavy atom. The summed E-state index contributed by atoms with van der Waals surface area (Å²) < 4.78 is 10.4. The zero-order chi connectivity index (χ0) is 16.2. The molecule has 0 radical (unpaired) electrons. The number of rotatable bonds is 9. The molecule has 0 heterocycles. The van der Waals surface area contributed by atoms with E-state index in [2.05, 4.69) is 28.2 Å². The van der Waals surface area contributed by atoms with Gasteiger partial charge in [-0.25, -0.2) is 0 Å². The van der Waals surface area contributed by atoms with Crippen LogP contribution in [-0.4, -0.2) is 57.9 Å². The standard InChI is InChI=1S/C16H26ClN3O2.HI/c1-4-18-16(19-8-9-22-11-10-21-3)20(2)13-14-6-5-7-15(17)12-14;/h5-7,12H,4,8-11,13H2,1-3H3,(H,18,19);1H. The van der Waals surface area contributed by atoms with E-state index in [1.165, 1.54) is 0 Å². The van der Waals surface area contributed by atoms with Crippen LogP contribution < -0.4 is 5.32 Å². The first-order chi connectivity index (χ1) is 10.7. The van der Waals surface area contributed by atoms with Crippen LogP contribution >= 0.6 is 35.6 Å². The molecular formula is C16H27ClIN3O2. The van der Waals surface area contributed by atoms with Gasteiger partial charge in [-0.15, -0.1) is 24.0 Å². The molecule has 7 heteroatoms. The summed E-state index contributed by atoms with van der Waals surface area (Å²) >= 11 is 6.02. The third kappa shape index (κ3) is 10.0. The zero-order valence-corrected chi connectivity index (χ0v) is 17.1. The zero-order valence-electron chi connectivity index (χ0n) is 14.0. The summed E-state index contributed by atoms with van der Waals surface area (Å²) in [5.41, 5.74) is 1.15. The summed E-state index contributed by atoms with van der Waals surface area (Å²) in [6, 6.07) is 7.86. The maximum absolute atomic E-state index is 6.02. The van der Waals surface area contributed by atoms with Gasteiger partial charge in [-0.1, -0.05) is 23.7 Å². The number of methoxy groups -OCH3 is 1. The number of halogens is 2. The number of aliphatic imine (C=N–C) groups is 1. The van der Waals surface area contributed by atoms with Crippen molar-refractivity contribution in [1.82, 2.24) is 10.2 Å². The van der Waals surface area contributed by atoms with Crippen LogP contribution in [0.1, 0.15) is 12.5 Å². The summed E-state index contributed by atoms with van der Waals surface area (Å²) in [6.07, 6.45) is 0. The molecule has 0 aliphatic carbocycles. The molecule has 0 aliphatic rings. The van der Waals surface area contributed by atoms with Crippen molar-refractivity contribution in [2.45, 2.75) is 13.5 Å². The quantitative estimate of drug-likeness (QED) is 0.269. The summed E-state index contributed by atoms with van der Waals surface area (Å²) in [7, 11) is 3.67. The summed E-state index contributed by atoms with van der Waals surface area (Å²) in [6.45, 7) is 6.03. The van der Waals surface area contributed by atoms with E-state index in [4.69, 9.17) is 21.1 Å². The molecule has 0 aliphatic heterocycles. The predicted molar refractivity (Wildman–Crippen MR) is 107 cm³/mol. The van der Waals surface area contributed by atoms with Crippen molar-refractivity contribution in [3.8, 4) is 0 Å². The fraction of sp³-hybridized carbons (Fsp3) is 0.562. The van der Waals surface area contributed by atoms with Crippen molar-refractivity contribution in [2.75, 3.05) is 47.1 Å². The van der Waals surface area contributed by atoms with E-state index >= 15 is 0 Å². The van der Waals surface area contributed by atoms with E-state index < -0.39 is 0 Å². The molecule has 132 valence electrons. The molecule has 1 aromatic carbocycles. The van der Waals surface area contributed by atoms with E-state index in [0.29, 0.717) is 26.4 Å². The van der Waals surface area contributed by atoms with Gasteiger partial charge in [-0.3, -0.25) is 4.99 Å². The average molecular weight is 456 g/mol. The molecule has 0 amide bonds. The molecule has 1 rings (SSSR count). The first-order valence-electron chi connectivity index (χ1n) is 7.48. The van der Waals surface area contributed by atoms with Gasteiger partial charge in [0.15, 0.2) is 5.96 Å². The lowest BCUT2D eigenvalue weighted by molar-refractivity contribution is 0.0747.